The zero-order chi connectivity index (χ0) is 12.8. The molecule has 90 valence electrons. The first-order valence-electron chi connectivity index (χ1n) is 5.99. The van der Waals surface area contributed by atoms with Crippen molar-refractivity contribution < 1.29 is 4.79 Å². The Balaban J connectivity index is 1.89. The molecule has 0 fully saturated rings. The number of imidazole rings is 1. The monoisotopic (exact) mass is 247 g/mol. The first kappa shape index (κ1) is 10.2. The number of fused-ring (bicyclic) bond motifs is 2. The van der Waals surface area contributed by atoms with E-state index in [1.807, 2.05) is 42.5 Å². The highest BCUT2D eigenvalue weighted by Gasteiger charge is 2.16. The minimum Gasteiger partial charge on any atom is -0.338 e. The van der Waals surface area contributed by atoms with Crippen LogP contribution in [-0.2, 0) is 0 Å². The van der Waals surface area contributed by atoms with E-state index in [2.05, 4.69) is 15.0 Å². The van der Waals surface area contributed by atoms with Crippen molar-refractivity contribution in [1.82, 2.24) is 9.97 Å². The van der Waals surface area contributed by atoms with Gasteiger partial charge < -0.3 is 4.98 Å². The molecule has 2 heterocycles. The molecule has 3 aromatic rings. The lowest BCUT2D eigenvalue weighted by Crippen LogP contribution is -1.93. The number of aromatic amines is 1. The number of rotatable bonds is 1. The summed E-state index contributed by atoms with van der Waals surface area (Å²) in [7, 11) is 0. The van der Waals surface area contributed by atoms with Crippen LogP contribution in [0, 0.1) is 0 Å². The number of para-hydroxylation sites is 2. The van der Waals surface area contributed by atoms with Gasteiger partial charge in [-0.2, -0.15) is 0 Å². The normalized spacial score (nSPS) is 13.2. The van der Waals surface area contributed by atoms with Crippen LogP contribution >= 0.6 is 0 Å². The number of amides is 1. The van der Waals surface area contributed by atoms with Gasteiger partial charge in [-0.1, -0.05) is 24.3 Å². The molecule has 1 aliphatic heterocycles. The van der Waals surface area contributed by atoms with Gasteiger partial charge in [0.1, 0.15) is 5.82 Å². The van der Waals surface area contributed by atoms with E-state index < -0.39 is 0 Å². The first-order chi connectivity index (χ1) is 9.31. The summed E-state index contributed by atoms with van der Waals surface area (Å²) >= 11 is 0. The maximum absolute atomic E-state index is 11.6. The Kier molecular flexibility index (Phi) is 1.94. The summed E-state index contributed by atoms with van der Waals surface area (Å²) in [5, 5.41) is 0. The van der Waals surface area contributed by atoms with Crippen molar-refractivity contribution in [3.63, 3.8) is 0 Å². The number of benzene rings is 2. The molecule has 4 heteroatoms. The van der Waals surface area contributed by atoms with Crippen molar-refractivity contribution in [1.29, 1.82) is 0 Å². The predicted octanol–water partition coefficient (Wildman–Crippen LogP) is 2.80. The molecule has 0 bridgehead atoms. The number of carbonyl (C=O) groups excluding carboxylic acids is 1. The van der Waals surface area contributed by atoms with Gasteiger partial charge in [-0.15, -0.1) is 0 Å². The lowest BCUT2D eigenvalue weighted by atomic mass is 10.1. The number of aromatic nitrogens is 2. The molecular formula is C15H9N3O. The van der Waals surface area contributed by atoms with Crippen molar-refractivity contribution in [2.24, 2.45) is 4.99 Å². The van der Waals surface area contributed by atoms with Crippen LogP contribution in [0.15, 0.2) is 47.5 Å². The molecule has 0 saturated carbocycles. The van der Waals surface area contributed by atoms with Crippen LogP contribution in [0.3, 0.4) is 0 Å². The third-order valence-corrected chi connectivity index (χ3v) is 3.27. The van der Waals surface area contributed by atoms with Crippen LogP contribution in [-0.4, -0.2) is 22.1 Å². The predicted molar refractivity (Wildman–Crippen MR) is 73.5 cm³/mol. The van der Waals surface area contributed by atoms with Crippen LogP contribution in [0.1, 0.15) is 15.9 Å². The number of hydrogen-bond acceptors (Lipinski definition) is 2. The quantitative estimate of drug-likeness (QED) is 0.718. The molecule has 0 spiro atoms. The number of nitrogens with one attached hydrogen (secondary N) is 1. The van der Waals surface area contributed by atoms with Crippen LogP contribution < -0.4 is 0 Å². The topological polar surface area (TPSA) is 58.1 Å². The summed E-state index contributed by atoms with van der Waals surface area (Å²) in [6, 6.07) is 13.5. The summed E-state index contributed by atoms with van der Waals surface area (Å²) in [6.07, 6.45) is 1.60. The second-order valence-electron chi connectivity index (χ2n) is 4.47. The SMILES string of the molecule is O=C1N=Cc2ccc(-c3nc4ccccc4[nH]3)cc21. The number of nitrogens with zero attached hydrogens (tertiary/aromatic N) is 2. The fraction of sp³-hybridized carbons (Fsp3) is 0. The lowest BCUT2D eigenvalue weighted by Gasteiger charge is -1.99. The molecule has 0 aliphatic carbocycles. The van der Waals surface area contributed by atoms with E-state index in [0.29, 0.717) is 5.56 Å². The molecular weight excluding hydrogens is 238 g/mol. The zero-order valence-electron chi connectivity index (χ0n) is 9.92. The molecule has 4 nitrogen and oxygen atoms in total. The summed E-state index contributed by atoms with van der Waals surface area (Å²) < 4.78 is 0. The average Bonchev–Trinajstić information content (AvgIpc) is 3.02. The molecule has 4 rings (SSSR count). The lowest BCUT2D eigenvalue weighted by molar-refractivity contribution is 0.101. The Morgan fingerprint density at radius 3 is 2.84 bits per heavy atom. The minimum atomic E-state index is -0.187. The van der Waals surface area contributed by atoms with Crippen molar-refractivity contribution in [3.8, 4) is 11.4 Å². The second kappa shape index (κ2) is 3.62. The van der Waals surface area contributed by atoms with Gasteiger partial charge >= 0.3 is 0 Å². The highest BCUT2D eigenvalue weighted by molar-refractivity contribution is 6.13. The van der Waals surface area contributed by atoms with Crippen LogP contribution in [0.5, 0.6) is 0 Å². The molecule has 0 unspecified atom stereocenters. The smallest absolute Gasteiger partial charge is 0.277 e. The molecule has 1 aromatic heterocycles. The second-order valence-corrected chi connectivity index (χ2v) is 4.47. The zero-order valence-corrected chi connectivity index (χ0v) is 9.92. The summed E-state index contributed by atoms with van der Waals surface area (Å²) in [4.78, 5) is 23.2. The summed E-state index contributed by atoms with van der Waals surface area (Å²) in [5.74, 6) is 0.580. The molecule has 0 saturated heterocycles. The largest absolute Gasteiger partial charge is 0.338 e. The van der Waals surface area contributed by atoms with Gasteiger partial charge in [0.05, 0.1) is 16.6 Å². The van der Waals surface area contributed by atoms with E-state index in [4.69, 9.17) is 0 Å². The Labute approximate surface area is 108 Å². The number of aliphatic imine (C=N–C) groups is 1. The van der Waals surface area contributed by atoms with E-state index in [0.717, 1.165) is 28.0 Å². The Morgan fingerprint density at radius 1 is 1.05 bits per heavy atom. The number of hydrogen-bond donors (Lipinski definition) is 1. The van der Waals surface area contributed by atoms with Gasteiger partial charge in [0, 0.05) is 17.3 Å². The Bertz CT molecular complexity index is 812. The van der Waals surface area contributed by atoms with E-state index >= 15 is 0 Å². The molecule has 0 radical (unpaired) electrons. The van der Waals surface area contributed by atoms with E-state index in [-0.39, 0.29) is 5.91 Å². The van der Waals surface area contributed by atoms with Crippen molar-refractivity contribution in [2.45, 2.75) is 0 Å². The Hall–Kier alpha value is -2.75. The van der Waals surface area contributed by atoms with Gasteiger partial charge in [0.15, 0.2) is 0 Å². The van der Waals surface area contributed by atoms with Gasteiger partial charge in [-0.25, -0.2) is 9.98 Å². The van der Waals surface area contributed by atoms with Crippen molar-refractivity contribution in [2.75, 3.05) is 0 Å². The highest BCUT2D eigenvalue weighted by Crippen LogP contribution is 2.24. The van der Waals surface area contributed by atoms with E-state index in [1.54, 1.807) is 6.21 Å². The summed E-state index contributed by atoms with van der Waals surface area (Å²) in [6.45, 7) is 0. The fourth-order valence-electron chi connectivity index (χ4n) is 2.29. The fourth-order valence-corrected chi connectivity index (χ4v) is 2.29. The standard InChI is InChI=1S/C15H9N3O/c19-15-11-7-9(5-6-10(11)8-16-15)14-17-12-3-1-2-4-13(12)18-14/h1-8H,(H,17,18). The molecule has 1 amide bonds. The first-order valence-corrected chi connectivity index (χ1v) is 5.99. The molecule has 19 heavy (non-hydrogen) atoms. The minimum absolute atomic E-state index is 0.187. The van der Waals surface area contributed by atoms with E-state index in [9.17, 15) is 4.79 Å². The van der Waals surface area contributed by atoms with Gasteiger partial charge in [0.25, 0.3) is 5.91 Å². The van der Waals surface area contributed by atoms with E-state index in [1.165, 1.54) is 0 Å². The number of H-pyrrole nitrogens is 1. The van der Waals surface area contributed by atoms with Crippen LogP contribution in [0.4, 0.5) is 0 Å². The van der Waals surface area contributed by atoms with Crippen molar-refractivity contribution >= 4 is 23.2 Å². The summed E-state index contributed by atoms with van der Waals surface area (Å²) in [5.41, 5.74) is 4.30. The van der Waals surface area contributed by atoms with Crippen molar-refractivity contribution in [3.05, 3.63) is 53.6 Å². The maximum atomic E-state index is 11.6. The Morgan fingerprint density at radius 2 is 1.95 bits per heavy atom. The molecule has 2 aromatic carbocycles. The molecule has 0 atom stereocenters. The average molecular weight is 247 g/mol. The number of carbonyl (C=O) groups is 1. The van der Waals surface area contributed by atoms with Gasteiger partial charge in [-0.05, 0) is 18.2 Å². The van der Waals surface area contributed by atoms with Crippen LogP contribution in [0.25, 0.3) is 22.4 Å². The third kappa shape index (κ3) is 1.50. The van der Waals surface area contributed by atoms with Gasteiger partial charge in [-0.3, -0.25) is 4.79 Å². The highest BCUT2D eigenvalue weighted by atomic mass is 16.1. The van der Waals surface area contributed by atoms with Crippen LogP contribution in [0.2, 0.25) is 0 Å². The maximum Gasteiger partial charge on any atom is 0.277 e. The van der Waals surface area contributed by atoms with Gasteiger partial charge in [0.2, 0.25) is 0 Å². The third-order valence-electron chi connectivity index (χ3n) is 3.27. The molecule has 1 aliphatic rings. The molecule has 1 N–H and O–H groups in total.